The van der Waals surface area contributed by atoms with Gasteiger partial charge in [-0.3, -0.25) is 9.59 Å². The van der Waals surface area contributed by atoms with Crippen molar-refractivity contribution in [2.24, 2.45) is 5.92 Å². The predicted molar refractivity (Wildman–Crippen MR) is 74.8 cm³/mol. The van der Waals surface area contributed by atoms with Gasteiger partial charge < -0.3 is 9.84 Å². The second-order valence-electron chi connectivity index (χ2n) is 5.48. The molecule has 0 spiro atoms. The minimum Gasteiger partial charge on any atom is -0.349 e. The van der Waals surface area contributed by atoms with Gasteiger partial charge in [-0.1, -0.05) is 29.4 Å². The summed E-state index contributed by atoms with van der Waals surface area (Å²) in [7, 11) is 0. The maximum absolute atomic E-state index is 12.4. The predicted octanol–water partition coefficient (Wildman–Crippen LogP) is 2.46. The van der Waals surface area contributed by atoms with Crippen molar-refractivity contribution >= 4 is 11.7 Å². The fraction of sp³-hybridized carbons (Fsp3) is 0.333. The van der Waals surface area contributed by atoms with Crippen molar-refractivity contribution < 1.29 is 27.3 Å². The lowest BCUT2D eigenvalue weighted by Crippen LogP contribution is -2.32. The van der Waals surface area contributed by atoms with Crippen LogP contribution in [0.3, 0.4) is 0 Å². The lowest BCUT2D eigenvalue weighted by Gasteiger charge is -2.03. The maximum atomic E-state index is 12.4. The number of ketones is 1. The van der Waals surface area contributed by atoms with E-state index in [9.17, 15) is 22.8 Å². The fourth-order valence-corrected chi connectivity index (χ4v) is 2.00. The Morgan fingerprint density at radius 3 is 2.42 bits per heavy atom. The molecule has 1 fully saturated rings. The van der Waals surface area contributed by atoms with Crippen LogP contribution in [0, 0.1) is 5.92 Å². The molecule has 1 aromatic heterocycles. The molecule has 0 atom stereocenters. The molecule has 3 rings (SSSR count). The van der Waals surface area contributed by atoms with Gasteiger partial charge in [-0.25, -0.2) is 0 Å². The number of rotatable bonds is 5. The Bertz CT molecular complexity index is 764. The summed E-state index contributed by atoms with van der Waals surface area (Å²) in [4.78, 5) is 26.9. The Hall–Kier alpha value is -2.71. The van der Waals surface area contributed by atoms with Crippen LogP contribution in [-0.2, 0) is 11.0 Å². The van der Waals surface area contributed by atoms with Crippen molar-refractivity contribution in [3.05, 3.63) is 35.7 Å². The molecule has 0 saturated heterocycles. The van der Waals surface area contributed by atoms with Crippen LogP contribution >= 0.6 is 0 Å². The van der Waals surface area contributed by atoms with Gasteiger partial charge in [0.15, 0.2) is 0 Å². The zero-order valence-electron chi connectivity index (χ0n) is 12.3. The van der Waals surface area contributed by atoms with Gasteiger partial charge in [-0.2, -0.15) is 18.2 Å². The number of nitrogens with zero attached hydrogens (tertiary/aromatic N) is 2. The second kappa shape index (κ2) is 6.06. The summed E-state index contributed by atoms with van der Waals surface area (Å²) in [6, 6.07) is 5.37. The third-order valence-electron chi connectivity index (χ3n) is 3.53. The number of hydrogen-bond donors (Lipinski definition) is 1. The molecular formula is C15H12F3N3O3. The number of carbonyl (C=O) groups is 2. The number of hydrogen-bond acceptors (Lipinski definition) is 5. The molecule has 126 valence electrons. The average Bonchev–Trinajstić information content (AvgIpc) is 3.24. The van der Waals surface area contributed by atoms with E-state index in [0.717, 1.165) is 12.8 Å². The first-order valence-electron chi connectivity index (χ1n) is 7.18. The summed E-state index contributed by atoms with van der Waals surface area (Å²) in [5.41, 5.74) is 0.371. The number of alkyl halides is 3. The van der Waals surface area contributed by atoms with Gasteiger partial charge in [0, 0.05) is 17.7 Å². The SMILES string of the molecule is O=C(NCC1CC1)C(=O)c1ccc(-c2noc(C(F)(F)F)n2)cc1. The number of amides is 1. The lowest BCUT2D eigenvalue weighted by molar-refractivity contribution is -0.159. The Balaban J connectivity index is 1.69. The number of Topliss-reactive ketones (excluding diaryl/α,β-unsaturated/α-hetero) is 1. The molecule has 1 N–H and O–H groups in total. The fourth-order valence-electron chi connectivity index (χ4n) is 2.00. The summed E-state index contributed by atoms with van der Waals surface area (Å²) >= 11 is 0. The van der Waals surface area contributed by atoms with Crippen molar-refractivity contribution in [2.45, 2.75) is 19.0 Å². The standard InChI is InChI=1S/C15H12F3N3O3/c16-15(17,18)14-20-12(21-24-14)10-5-3-9(4-6-10)11(22)13(23)19-7-8-1-2-8/h3-6,8H,1-2,7H2,(H,19,23). The molecule has 9 heteroatoms. The Morgan fingerprint density at radius 1 is 1.21 bits per heavy atom. The van der Waals surface area contributed by atoms with Crippen LogP contribution in [0.4, 0.5) is 13.2 Å². The van der Waals surface area contributed by atoms with E-state index in [0.29, 0.717) is 12.5 Å². The van der Waals surface area contributed by atoms with E-state index in [4.69, 9.17) is 0 Å². The summed E-state index contributed by atoms with van der Waals surface area (Å²) in [6.07, 6.45) is -2.62. The van der Waals surface area contributed by atoms with Crippen LogP contribution in [0.15, 0.2) is 28.8 Å². The first-order chi connectivity index (χ1) is 11.3. The average molecular weight is 339 g/mol. The smallest absolute Gasteiger partial charge is 0.349 e. The number of halogens is 3. The van der Waals surface area contributed by atoms with Crippen molar-refractivity contribution in [3.63, 3.8) is 0 Å². The largest absolute Gasteiger partial charge is 0.471 e. The van der Waals surface area contributed by atoms with E-state index in [1.165, 1.54) is 24.3 Å². The quantitative estimate of drug-likeness (QED) is 0.668. The van der Waals surface area contributed by atoms with Gasteiger partial charge in [-0.15, -0.1) is 0 Å². The molecule has 0 unspecified atom stereocenters. The van der Waals surface area contributed by atoms with E-state index < -0.39 is 23.8 Å². The molecule has 0 aliphatic heterocycles. The van der Waals surface area contributed by atoms with Crippen LogP contribution in [0.1, 0.15) is 29.1 Å². The summed E-state index contributed by atoms with van der Waals surface area (Å²) in [5.74, 6) is -2.65. The van der Waals surface area contributed by atoms with Crippen LogP contribution in [0.5, 0.6) is 0 Å². The van der Waals surface area contributed by atoms with E-state index in [1.807, 2.05) is 0 Å². The summed E-state index contributed by atoms with van der Waals surface area (Å²) in [5, 5.41) is 5.80. The van der Waals surface area contributed by atoms with Crippen molar-refractivity contribution in [1.82, 2.24) is 15.5 Å². The van der Waals surface area contributed by atoms with Crippen molar-refractivity contribution in [3.8, 4) is 11.4 Å². The topological polar surface area (TPSA) is 85.1 Å². The molecule has 1 amide bonds. The van der Waals surface area contributed by atoms with E-state index in [2.05, 4.69) is 20.0 Å². The monoisotopic (exact) mass is 339 g/mol. The van der Waals surface area contributed by atoms with E-state index >= 15 is 0 Å². The van der Waals surface area contributed by atoms with Gasteiger partial charge in [-0.05, 0) is 18.8 Å². The number of carbonyl (C=O) groups excluding carboxylic acids is 2. The summed E-state index contributed by atoms with van der Waals surface area (Å²) in [6.45, 7) is 0.478. The van der Waals surface area contributed by atoms with Crippen LogP contribution in [0.25, 0.3) is 11.4 Å². The van der Waals surface area contributed by atoms with E-state index in [-0.39, 0.29) is 17.0 Å². The zero-order valence-corrected chi connectivity index (χ0v) is 12.3. The molecule has 1 heterocycles. The highest BCUT2D eigenvalue weighted by Crippen LogP contribution is 2.29. The van der Waals surface area contributed by atoms with Gasteiger partial charge in [0.1, 0.15) is 0 Å². The van der Waals surface area contributed by atoms with Crippen LogP contribution in [0.2, 0.25) is 0 Å². The maximum Gasteiger partial charge on any atom is 0.471 e. The van der Waals surface area contributed by atoms with Crippen molar-refractivity contribution in [2.75, 3.05) is 6.54 Å². The van der Waals surface area contributed by atoms with Gasteiger partial charge >= 0.3 is 12.1 Å². The third-order valence-corrected chi connectivity index (χ3v) is 3.53. The molecule has 2 aromatic rings. The molecule has 24 heavy (non-hydrogen) atoms. The summed E-state index contributed by atoms with van der Waals surface area (Å²) < 4.78 is 41.4. The van der Waals surface area contributed by atoms with Crippen LogP contribution in [-0.4, -0.2) is 28.4 Å². The zero-order chi connectivity index (χ0) is 17.3. The molecule has 1 saturated carbocycles. The minimum absolute atomic E-state index is 0.131. The molecule has 1 aliphatic carbocycles. The first-order valence-corrected chi connectivity index (χ1v) is 7.18. The number of nitrogens with one attached hydrogen (secondary N) is 1. The van der Waals surface area contributed by atoms with E-state index in [1.54, 1.807) is 0 Å². The van der Waals surface area contributed by atoms with Gasteiger partial charge in [0.2, 0.25) is 11.6 Å². The second-order valence-corrected chi connectivity index (χ2v) is 5.48. The highest BCUT2D eigenvalue weighted by Gasteiger charge is 2.38. The third kappa shape index (κ3) is 3.61. The first kappa shape index (κ1) is 16.2. The Morgan fingerprint density at radius 2 is 1.88 bits per heavy atom. The van der Waals surface area contributed by atoms with Gasteiger partial charge in [0.25, 0.3) is 5.91 Å². The Labute approximate surface area is 134 Å². The van der Waals surface area contributed by atoms with Crippen molar-refractivity contribution in [1.29, 1.82) is 0 Å². The molecule has 1 aromatic carbocycles. The number of aromatic nitrogens is 2. The minimum atomic E-state index is -4.72. The Kier molecular flexibility index (Phi) is 4.08. The van der Waals surface area contributed by atoms with Gasteiger partial charge in [0.05, 0.1) is 0 Å². The molecule has 0 radical (unpaired) electrons. The normalized spacial score (nSPS) is 14.5. The van der Waals surface area contributed by atoms with Crippen LogP contribution < -0.4 is 5.32 Å². The number of benzene rings is 1. The molecule has 0 bridgehead atoms. The lowest BCUT2D eigenvalue weighted by atomic mass is 10.1. The highest BCUT2D eigenvalue weighted by molar-refractivity contribution is 6.42. The highest BCUT2D eigenvalue weighted by atomic mass is 19.4. The molecule has 1 aliphatic rings. The molecule has 6 nitrogen and oxygen atoms in total. The molecular weight excluding hydrogens is 327 g/mol.